The lowest BCUT2D eigenvalue weighted by Gasteiger charge is -2.15. The van der Waals surface area contributed by atoms with E-state index in [-0.39, 0.29) is 11.9 Å². The van der Waals surface area contributed by atoms with Crippen LogP contribution in [0.2, 0.25) is 0 Å². The molecule has 4 heteroatoms. The number of nitrogens with one attached hydrogen (secondary N) is 1. The van der Waals surface area contributed by atoms with Gasteiger partial charge in [-0.15, -0.1) is 0 Å². The molecule has 108 valence electrons. The smallest absolute Gasteiger partial charge is 0.220 e. The van der Waals surface area contributed by atoms with E-state index in [1.807, 2.05) is 13.8 Å². The second kappa shape index (κ2) is 7.31. The zero-order valence-electron chi connectivity index (χ0n) is 12.7. The number of aryl methyl sites for hydroxylation is 2. The Kier molecular flexibility index (Phi) is 6.06. The van der Waals surface area contributed by atoms with Gasteiger partial charge in [-0.1, -0.05) is 19.0 Å². The second-order valence-corrected chi connectivity index (χ2v) is 5.74. The Morgan fingerprint density at radius 3 is 2.47 bits per heavy atom. The van der Waals surface area contributed by atoms with Crippen molar-refractivity contribution in [3.8, 4) is 0 Å². The molecule has 1 atom stereocenters. The van der Waals surface area contributed by atoms with Crippen molar-refractivity contribution >= 4 is 5.91 Å². The van der Waals surface area contributed by atoms with Crippen LogP contribution in [-0.2, 0) is 11.2 Å². The standard InChI is InChI=1S/C15H26N2O2/c1-10(2)6-7-11(3)16-15(18)9-8-14-12(4)17-19-13(14)5/h10-11H,6-9H2,1-5H3,(H,16,18). The van der Waals surface area contributed by atoms with Gasteiger partial charge >= 0.3 is 0 Å². The summed E-state index contributed by atoms with van der Waals surface area (Å²) in [6.07, 6.45) is 3.37. The van der Waals surface area contributed by atoms with E-state index in [0.29, 0.717) is 18.8 Å². The molecule has 0 aliphatic carbocycles. The third-order valence-electron chi connectivity index (χ3n) is 3.37. The van der Waals surface area contributed by atoms with Crippen LogP contribution in [0.25, 0.3) is 0 Å². The minimum Gasteiger partial charge on any atom is -0.361 e. The topological polar surface area (TPSA) is 55.1 Å². The van der Waals surface area contributed by atoms with E-state index in [2.05, 4.69) is 31.2 Å². The molecule has 1 heterocycles. The molecule has 0 aliphatic rings. The third-order valence-corrected chi connectivity index (χ3v) is 3.37. The van der Waals surface area contributed by atoms with Crippen LogP contribution in [0, 0.1) is 19.8 Å². The zero-order chi connectivity index (χ0) is 14.4. The molecule has 0 bridgehead atoms. The fourth-order valence-corrected chi connectivity index (χ4v) is 2.10. The minimum absolute atomic E-state index is 0.108. The molecule has 0 aliphatic heterocycles. The summed E-state index contributed by atoms with van der Waals surface area (Å²) in [5, 5.41) is 6.94. The van der Waals surface area contributed by atoms with Crippen LogP contribution in [0.1, 0.15) is 57.1 Å². The molecular weight excluding hydrogens is 240 g/mol. The Labute approximate surface area is 115 Å². The van der Waals surface area contributed by atoms with Crippen molar-refractivity contribution in [2.24, 2.45) is 5.92 Å². The van der Waals surface area contributed by atoms with Gasteiger partial charge in [-0.2, -0.15) is 0 Å². The Balaban J connectivity index is 2.32. The van der Waals surface area contributed by atoms with Gasteiger partial charge < -0.3 is 9.84 Å². The third kappa shape index (κ3) is 5.45. The van der Waals surface area contributed by atoms with Gasteiger partial charge in [0.25, 0.3) is 0 Å². The van der Waals surface area contributed by atoms with E-state index in [9.17, 15) is 4.79 Å². The maximum atomic E-state index is 11.9. The van der Waals surface area contributed by atoms with Crippen molar-refractivity contribution in [3.63, 3.8) is 0 Å². The second-order valence-electron chi connectivity index (χ2n) is 5.74. The molecule has 1 amide bonds. The molecule has 0 fully saturated rings. The van der Waals surface area contributed by atoms with Crippen LogP contribution in [0.4, 0.5) is 0 Å². The molecule has 0 spiro atoms. The van der Waals surface area contributed by atoms with E-state index in [0.717, 1.165) is 29.9 Å². The molecule has 1 unspecified atom stereocenters. The highest BCUT2D eigenvalue weighted by molar-refractivity contribution is 5.76. The fraction of sp³-hybridized carbons (Fsp3) is 0.733. The molecule has 0 saturated carbocycles. The van der Waals surface area contributed by atoms with E-state index in [4.69, 9.17) is 4.52 Å². The first-order valence-electron chi connectivity index (χ1n) is 7.11. The number of rotatable bonds is 7. The predicted molar refractivity (Wildman–Crippen MR) is 76.0 cm³/mol. The molecular formula is C15H26N2O2. The summed E-state index contributed by atoms with van der Waals surface area (Å²) in [6, 6.07) is 0.250. The molecule has 4 nitrogen and oxygen atoms in total. The van der Waals surface area contributed by atoms with Crippen LogP contribution < -0.4 is 5.32 Å². The Hall–Kier alpha value is -1.32. The summed E-state index contributed by atoms with van der Waals surface area (Å²) < 4.78 is 5.09. The van der Waals surface area contributed by atoms with Crippen molar-refractivity contribution in [1.82, 2.24) is 10.5 Å². The summed E-state index contributed by atoms with van der Waals surface area (Å²) >= 11 is 0. The van der Waals surface area contributed by atoms with Crippen molar-refractivity contribution in [1.29, 1.82) is 0 Å². The van der Waals surface area contributed by atoms with Crippen LogP contribution in [0.5, 0.6) is 0 Å². The molecule has 1 rings (SSSR count). The van der Waals surface area contributed by atoms with E-state index in [1.54, 1.807) is 0 Å². The summed E-state index contributed by atoms with van der Waals surface area (Å²) in [5.41, 5.74) is 1.95. The number of carbonyl (C=O) groups excluding carboxylic acids is 1. The number of carbonyl (C=O) groups is 1. The molecule has 1 aromatic heterocycles. The van der Waals surface area contributed by atoms with Crippen LogP contribution >= 0.6 is 0 Å². The normalized spacial score (nSPS) is 12.7. The highest BCUT2D eigenvalue weighted by atomic mass is 16.5. The first kappa shape index (κ1) is 15.7. The van der Waals surface area contributed by atoms with Crippen LogP contribution in [0.3, 0.4) is 0 Å². The molecule has 1 N–H and O–H groups in total. The quantitative estimate of drug-likeness (QED) is 0.824. The van der Waals surface area contributed by atoms with Gasteiger partial charge in [0.15, 0.2) is 0 Å². The average molecular weight is 266 g/mol. The summed E-state index contributed by atoms with van der Waals surface area (Å²) in [7, 11) is 0. The van der Waals surface area contributed by atoms with E-state index < -0.39 is 0 Å². The molecule has 0 aromatic carbocycles. The largest absolute Gasteiger partial charge is 0.361 e. The Bertz CT molecular complexity index is 391. The summed E-state index contributed by atoms with van der Waals surface area (Å²) in [6.45, 7) is 10.3. The maximum Gasteiger partial charge on any atom is 0.220 e. The zero-order valence-corrected chi connectivity index (χ0v) is 12.7. The van der Waals surface area contributed by atoms with Gasteiger partial charge in [0, 0.05) is 18.0 Å². The van der Waals surface area contributed by atoms with Gasteiger partial charge in [-0.3, -0.25) is 4.79 Å². The van der Waals surface area contributed by atoms with Gasteiger partial charge in [-0.05, 0) is 46.0 Å². The van der Waals surface area contributed by atoms with Crippen molar-refractivity contribution in [2.45, 2.75) is 66.3 Å². The number of amides is 1. The average Bonchev–Trinajstić information content (AvgIpc) is 2.64. The number of aromatic nitrogens is 1. The lowest BCUT2D eigenvalue weighted by Crippen LogP contribution is -2.32. The van der Waals surface area contributed by atoms with Crippen LogP contribution in [0.15, 0.2) is 4.52 Å². The first-order chi connectivity index (χ1) is 8.90. The minimum atomic E-state index is 0.108. The molecule has 0 saturated heterocycles. The highest BCUT2D eigenvalue weighted by Crippen LogP contribution is 2.14. The van der Waals surface area contributed by atoms with E-state index in [1.165, 1.54) is 0 Å². The van der Waals surface area contributed by atoms with Gasteiger partial charge in [0.1, 0.15) is 5.76 Å². The molecule has 0 radical (unpaired) electrons. The SMILES string of the molecule is Cc1noc(C)c1CCC(=O)NC(C)CCC(C)C. The fourth-order valence-electron chi connectivity index (χ4n) is 2.10. The number of hydrogen-bond acceptors (Lipinski definition) is 3. The predicted octanol–water partition coefficient (Wildman–Crippen LogP) is 3.16. The van der Waals surface area contributed by atoms with Gasteiger partial charge in [0.2, 0.25) is 5.91 Å². The monoisotopic (exact) mass is 266 g/mol. The summed E-state index contributed by atoms with van der Waals surface area (Å²) in [4.78, 5) is 11.9. The lowest BCUT2D eigenvalue weighted by atomic mass is 10.0. The van der Waals surface area contributed by atoms with Crippen molar-refractivity contribution < 1.29 is 9.32 Å². The van der Waals surface area contributed by atoms with E-state index >= 15 is 0 Å². The van der Waals surface area contributed by atoms with Gasteiger partial charge in [-0.25, -0.2) is 0 Å². The Morgan fingerprint density at radius 1 is 1.26 bits per heavy atom. The molecule has 19 heavy (non-hydrogen) atoms. The highest BCUT2D eigenvalue weighted by Gasteiger charge is 2.12. The number of hydrogen-bond donors (Lipinski definition) is 1. The lowest BCUT2D eigenvalue weighted by molar-refractivity contribution is -0.121. The summed E-state index contributed by atoms with van der Waals surface area (Å²) in [5.74, 6) is 1.61. The maximum absolute atomic E-state index is 11.9. The van der Waals surface area contributed by atoms with Gasteiger partial charge in [0.05, 0.1) is 5.69 Å². The first-order valence-corrected chi connectivity index (χ1v) is 7.11. The van der Waals surface area contributed by atoms with Crippen LogP contribution in [-0.4, -0.2) is 17.1 Å². The Morgan fingerprint density at radius 2 is 1.95 bits per heavy atom. The molecule has 1 aromatic rings. The number of nitrogens with zero attached hydrogens (tertiary/aromatic N) is 1. The van der Waals surface area contributed by atoms with Crippen molar-refractivity contribution in [3.05, 3.63) is 17.0 Å². The van der Waals surface area contributed by atoms with Crippen molar-refractivity contribution in [2.75, 3.05) is 0 Å².